The van der Waals surface area contributed by atoms with E-state index >= 15 is 0 Å². The predicted octanol–water partition coefficient (Wildman–Crippen LogP) is 3.85. The second-order valence-corrected chi connectivity index (χ2v) is 9.57. The lowest BCUT2D eigenvalue weighted by atomic mass is 10.1. The molecule has 11 nitrogen and oxygen atoms in total. The molecule has 0 aliphatic carbocycles. The number of thiophene rings is 1. The summed E-state index contributed by atoms with van der Waals surface area (Å²) in [6.07, 6.45) is 3.79. The first-order valence-corrected chi connectivity index (χ1v) is 13.3. The minimum absolute atomic E-state index is 0.156. The molecule has 2 atom stereocenters. The summed E-state index contributed by atoms with van der Waals surface area (Å²) in [6, 6.07) is 7.00. The van der Waals surface area contributed by atoms with E-state index in [-0.39, 0.29) is 24.0 Å². The smallest absolute Gasteiger partial charge is 0.350 e. The molecule has 1 aromatic carbocycles. The minimum Gasteiger partial charge on any atom is -0.473 e. The fourth-order valence-electron chi connectivity index (χ4n) is 4.45. The SMILES string of the molecule is C=N/C=C\CC(Oc1ccc(NC(C)=O)cc1NC)N1CCN(C(c2ccsc2)c2nnn(C(F)F)n2)CC1. The number of anilines is 2. The number of nitrogens with zero attached hydrogens (tertiary/aromatic N) is 7. The van der Waals surface area contributed by atoms with Gasteiger partial charge in [-0.15, -0.1) is 10.2 Å². The maximum atomic E-state index is 13.1. The highest BCUT2D eigenvalue weighted by Gasteiger charge is 2.33. The Labute approximate surface area is 229 Å². The van der Waals surface area contributed by atoms with Crippen LogP contribution in [0.1, 0.15) is 37.3 Å². The zero-order chi connectivity index (χ0) is 27.8. The number of tetrazole rings is 1. The molecule has 0 radical (unpaired) electrons. The predicted molar refractivity (Wildman–Crippen MR) is 146 cm³/mol. The van der Waals surface area contributed by atoms with Crippen molar-refractivity contribution in [2.45, 2.75) is 32.2 Å². The van der Waals surface area contributed by atoms with Crippen LogP contribution in [0.5, 0.6) is 5.75 Å². The number of ether oxygens (including phenoxy) is 1. The number of nitrogens with one attached hydrogen (secondary N) is 2. The number of rotatable bonds is 12. The minimum atomic E-state index is -2.85. The molecular weight excluding hydrogens is 528 g/mol. The molecule has 0 spiro atoms. The van der Waals surface area contributed by atoms with E-state index in [0.29, 0.717) is 48.8 Å². The number of alkyl halides is 2. The van der Waals surface area contributed by atoms with Crippen LogP contribution in [0.4, 0.5) is 20.2 Å². The van der Waals surface area contributed by atoms with Crippen molar-refractivity contribution in [2.75, 3.05) is 43.9 Å². The van der Waals surface area contributed by atoms with E-state index in [2.05, 4.69) is 47.6 Å². The molecule has 3 heterocycles. The molecule has 1 aliphatic heterocycles. The topological polar surface area (TPSA) is 113 Å². The number of carbonyl (C=O) groups is 1. The summed E-state index contributed by atoms with van der Waals surface area (Å²) in [7, 11) is 1.79. The Hall–Kier alpha value is -3.75. The monoisotopic (exact) mass is 559 g/mol. The van der Waals surface area contributed by atoms with Gasteiger partial charge in [0.2, 0.25) is 5.91 Å². The van der Waals surface area contributed by atoms with Gasteiger partial charge in [-0.3, -0.25) is 19.6 Å². The van der Waals surface area contributed by atoms with Gasteiger partial charge >= 0.3 is 6.55 Å². The van der Waals surface area contributed by atoms with Gasteiger partial charge in [0.1, 0.15) is 11.8 Å². The van der Waals surface area contributed by atoms with Crippen molar-refractivity contribution in [3.05, 3.63) is 58.7 Å². The third-order valence-corrected chi connectivity index (χ3v) is 6.93. The van der Waals surface area contributed by atoms with Crippen LogP contribution in [0.25, 0.3) is 0 Å². The highest BCUT2D eigenvalue weighted by Crippen LogP contribution is 2.32. The van der Waals surface area contributed by atoms with E-state index in [1.807, 2.05) is 35.0 Å². The number of halogens is 2. The van der Waals surface area contributed by atoms with Crippen molar-refractivity contribution in [2.24, 2.45) is 4.99 Å². The fraction of sp³-hybridized carbons (Fsp3) is 0.400. The molecule has 1 aliphatic rings. The summed E-state index contributed by atoms with van der Waals surface area (Å²) >= 11 is 1.53. The normalized spacial score (nSPS) is 16.3. The first-order chi connectivity index (χ1) is 18.9. The summed E-state index contributed by atoms with van der Waals surface area (Å²) in [6.45, 7) is 4.69. The maximum absolute atomic E-state index is 13.1. The van der Waals surface area contributed by atoms with Crippen LogP contribution in [-0.4, -0.2) is 82.1 Å². The number of hydrogen-bond donors (Lipinski definition) is 2. The van der Waals surface area contributed by atoms with Gasteiger partial charge in [0, 0.05) is 58.5 Å². The van der Waals surface area contributed by atoms with Crippen molar-refractivity contribution in [1.82, 2.24) is 30.0 Å². The van der Waals surface area contributed by atoms with Gasteiger partial charge in [-0.2, -0.15) is 20.1 Å². The lowest BCUT2D eigenvalue weighted by Crippen LogP contribution is -2.52. The summed E-state index contributed by atoms with van der Waals surface area (Å²) in [5.41, 5.74) is 2.34. The van der Waals surface area contributed by atoms with E-state index in [0.717, 1.165) is 11.3 Å². The molecule has 2 unspecified atom stereocenters. The summed E-state index contributed by atoms with van der Waals surface area (Å²) in [5, 5.41) is 21.2. The molecule has 2 aromatic heterocycles. The second-order valence-electron chi connectivity index (χ2n) is 8.79. The largest absolute Gasteiger partial charge is 0.473 e. The molecule has 4 rings (SSSR count). The Morgan fingerprint density at radius 3 is 2.64 bits per heavy atom. The van der Waals surface area contributed by atoms with Crippen LogP contribution in [0.3, 0.4) is 0 Å². The second kappa shape index (κ2) is 13.4. The molecule has 3 aromatic rings. The molecule has 1 fully saturated rings. The van der Waals surface area contributed by atoms with Gasteiger partial charge in [0.25, 0.3) is 0 Å². The zero-order valence-corrected chi connectivity index (χ0v) is 22.5. The van der Waals surface area contributed by atoms with Crippen molar-refractivity contribution < 1.29 is 18.3 Å². The third kappa shape index (κ3) is 7.22. The van der Waals surface area contributed by atoms with Crippen LogP contribution in [0.2, 0.25) is 0 Å². The van der Waals surface area contributed by atoms with E-state index in [1.54, 1.807) is 19.3 Å². The lowest BCUT2D eigenvalue weighted by Gasteiger charge is -2.41. The average Bonchev–Trinajstić information content (AvgIpc) is 3.63. The third-order valence-electron chi connectivity index (χ3n) is 6.22. The average molecular weight is 560 g/mol. The van der Waals surface area contributed by atoms with Gasteiger partial charge < -0.3 is 15.4 Å². The first kappa shape index (κ1) is 28.3. The van der Waals surface area contributed by atoms with Gasteiger partial charge in [-0.25, -0.2) is 0 Å². The number of aliphatic imine (C=N–C) groups is 1. The molecular formula is C25H31F2N9O2S. The Morgan fingerprint density at radius 1 is 1.26 bits per heavy atom. The van der Waals surface area contributed by atoms with E-state index < -0.39 is 6.55 Å². The van der Waals surface area contributed by atoms with Gasteiger partial charge in [0.15, 0.2) is 12.1 Å². The summed E-state index contributed by atoms with van der Waals surface area (Å²) < 4.78 is 32.7. The number of carbonyl (C=O) groups excluding carboxylic acids is 1. The number of piperazine rings is 1. The maximum Gasteiger partial charge on any atom is 0.350 e. The Morgan fingerprint density at radius 2 is 2.03 bits per heavy atom. The molecule has 14 heteroatoms. The first-order valence-electron chi connectivity index (χ1n) is 12.3. The van der Waals surface area contributed by atoms with Crippen LogP contribution >= 0.6 is 11.3 Å². The van der Waals surface area contributed by atoms with Gasteiger partial charge in [0.05, 0.1) is 5.69 Å². The van der Waals surface area contributed by atoms with Crippen LogP contribution < -0.4 is 15.4 Å². The number of aromatic nitrogens is 4. The van der Waals surface area contributed by atoms with Crippen molar-refractivity contribution in [1.29, 1.82) is 0 Å². The van der Waals surface area contributed by atoms with Crippen molar-refractivity contribution in [3.8, 4) is 5.75 Å². The molecule has 39 heavy (non-hydrogen) atoms. The van der Waals surface area contributed by atoms with Crippen LogP contribution in [-0.2, 0) is 4.79 Å². The lowest BCUT2D eigenvalue weighted by molar-refractivity contribution is -0.114. The van der Waals surface area contributed by atoms with Gasteiger partial charge in [-0.1, -0.05) is 10.9 Å². The van der Waals surface area contributed by atoms with Crippen LogP contribution in [0.15, 0.2) is 52.3 Å². The fourth-order valence-corrected chi connectivity index (χ4v) is 5.12. The number of amides is 1. The molecule has 208 valence electrons. The standard InChI is InChI=1S/C25H31F2N9O2S/c1-17(37)30-19-6-7-21(20(15-19)29-3)38-22(5-4-9-28-2)34-10-12-35(13-11-34)23(18-8-14-39-16-18)24-31-33-36(32-24)25(26)27/h4,6-9,14-16,22-23,25,29H,2,5,10-13H2,1,3H3,(H,30,37)/b9-4-. The summed E-state index contributed by atoms with van der Waals surface area (Å²) in [5.74, 6) is 0.729. The van der Waals surface area contributed by atoms with Crippen LogP contribution in [0, 0.1) is 0 Å². The highest BCUT2D eigenvalue weighted by atomic mass is 32.1. The van der Waals surface area contributed by atoms with Gasteiger partial charge in [-0.05, 0) is 52.5 Å². The number of hydrogen-bond acceptors (Lipinski definition) is 10. The Balaban J connectivity index is 1.50. The van der Waals surface area contributed by atoms with Crippen molar-refractivity contribution in [3.63, 3.8) is 0 Å². The quantitative estimate of drug-likeness (QED) is 0.322. The number of benzene rings is 1. The van der Waals surface area contributed by atoms with E-state index in [4.69, 9.17) is 4.74 Å². The van der Waals surface area contributed by atoms with E-state index in [1.165, 1.54) is 18.3 Å². The Bertz CT molecular complexity index is 1260. The molecule has 0 saturated carbocycles. The summed E-state index contributed by atoms with van der Waals surface area (Å²) in [4.78, 5) is 20.0. The van der Waals surface area contributed by atoms with E-state index in [9.17, 15) is 13.6 Å². The molecule has 0 bridgehead atoms. The zero-order valence-electron chi connectivity index (χ0n) is 21.7. The van der Waals surface area contributed by atoms with Crippen molar-refractivity contribution >= 4 is 35.3 Å². The molecule has 1 amide bonds. The Kier molecular flexibility index (Phi) is 9.68. The molecule has 2 N–H and O–H groups in total. The highest BCUT2D eigenvalue weighted by molar-refractivity contribution is 7.08. The molecule has 1 saturated heterocycles.